The fraction of sp³-hybridized carbons (Fsp3) is 0.474. The van der Waals surface area contributed by atoms with E-state index in [-0.39, 0.29) is 30.7 Å². The Morgan fingerprint density at radius 3 is 2.48 bits per heavy atom. The Bertz CT molecular complexity index is 689. The number of carbonyl (C=O) groups excluding carboxylic acids is 1. The van der Waals surface area contributed by atoms with Crippen molar-refractivity contribution in [1.82, 2.24) is 4.90 Å². The third-order valence-corrected chi connectivity index (χ3v) is 6.44. The molecule has 0 spiro atoms. The maximum absolute atomic E-state index is 12.4. The Kier molecular flexibility index (Phi) is 7.36. The van der Waals surface area contributed by atoms with Gasteiger partial charge in [-0.15, -0.1) is 0 Å². The van der Waals surface area contributed by atoms with Crippen LogP contribution in [0.15, 0.2) is 41.8 Å². The number of ether oxygens (including phenoxy) is 1. The molecule has 0 aromatic heterocycles. The SMILES string of the molecule is CC(C)CC(C[P+](O)(O)C1=CCCN1C(=O)OCc1ccccc1)C(=O)O. The Morgan fingerprint density at radius 2 is 1.89 bits per heavy atom. The zero-order valence-corrected chi connectivity index (χ0v) is 16.5. The van der Waals surface area contributed by atoms with E-state index < -0.39 is 25.7 Å². The molecule has 1 aromatic carbocycles. The molecule has 1 heterocycles. The summed E-state index contributed by atoms with van der Waals surface area (Å²) >= 11 is 0. The third-order valence-electron chi connectivity index (χ3n) is 4.33. The van der Waals surface area contributed by atoms with Gasteiger partial charge in [0.05, 0.1) is 5.92 Å². The minimum Gasteiger partial charge on any atom is -0.481 e. The van der Waals surface area contributed by atoms with Crippen LogP contribution in [0.3, 0.4) is 0 Å². The van der Waals surface area contributed by atoms with Crippen molar-refractivity contribution in [2.75, 3.05) is 12.7 Å². The number of rotatable bonds is 8. The van der Waals surface area contributed by atoms with Crippen LogP contribution in [-0.4, -0.2) is 44.6 Å². The maximum Gasteiger partial charge on any atom is 0.417 e. The van der Waals surface area contributed by atoms with Gasteiger partial charge in [-0.25, -0.2) is 19.5 Å². The van der Waals surface area contributed by atoms with Crippen LogP contribution >= 0.6 is 7.72 Å². The summed E-state index contributed by atoms with van der Waals surface area (Å²) in [4.78, 5) is 46.4. The molecule has 1 unspecified atom stereocenters. The average Bonchev–Trinajstić information content (AvgIpc) is 3.10. The molecule has 27 heavy (non-hydrogen) atoms. The highest BCUT2D eigenvalue weighted by atomic mass is 31.2. The molecule has 148 valence electrons. The van der Waals surface area contributed by atoms with Gasteiger partial charge < -0.3 is 9.84 Å². The Morgan fingerprint density at radius 1 is 1.22 bits per heavy atom. The van der Waals surface area contributed by atoms with Gasteiger partial charge in [-0.1, -0.05) is 44.2 Å². The van der Waals surface area contributed by atoms with Crippen LogP contribution < -0.4 is 0 Å². The maximum atomic E-state index is 12.4. The number of carboxylic acids is 1. The largest absolute Gasteiger partial charge is 0.481 e. The quantitative estimate of drug-likeness (QED) is 0.581. The fourth-order valence-corrected chi connectivity index (χ4v) is 5.19. The van der Waals surface area contributed by atoms with E-state index in [1.165, 1.54) is 4.90 Å². The number of hydrogen-bond donors (Lipinski definition) is 3. The summed E-state index contributed by atoms with van der Waals surface area (Å²) in [5.41, 5.74) is 0.920. The Hall–Kier alpha value is -1.95. The molecular formula is C19H27NO6P+. The van der Waals surface area contributed by atoms with Crippen molar-refractivity contribution in [3.05, 3.63) is 47.4 Å². The van der Waals surface area contributed by atoms with Gasteiger partial charge in [0.25, 0.3) is 0 Å². The summed E-state index contributed by atoms with van der Waals surface area (Å²) in [7, 11) is -3.76. The van der Waals surface area contributed by atoms with E-state index in [0.29, 0.717) is 12.8 Å². The molecule has 1 atom stereocenters. The normalized spacial score (nSPS) is 15.6. The van der Waals surface area contributed by atoms with Crippen LogP contribution in [0, 0.1) is 11.8 Å². The van der Waals surface area contributed by atoms with Gasteiger partial charge >= 0.3 is 19.8 Å². The second kappa shape index (κ2) is 9.31. The molecule has 2 rings (SSSR count). The van der Waals surface area contributed by atoms with Crippen molar-refractivity contribution < 1.29 is 29.2 Å². The third kappa shape index (κ3) is 6.03. The number of nitrogens with zero attached hydrogens (tertiary/aromatic N) is 1. The number of carbonyl (C=O) groups is 2. The summed E-state index contributed by atoms with van der Waals surface area (Å²) in [6.45, 7) is 4.13. The lowest BCUT2D eigenvalue weighted by Gasteiger charge is -2.24. The first-order valence-electron chi connectivity index (χ1n) is 8.96. The van der Waals surface area contributed by atoms with Gasteiger partial charge in [0.1, 0.15) is 12.8 Å². The molecule has 7 nitrogen and oxygen atoms in total. The first-order valence-corrected chi connectivity index (χ1v) is 10.8. The molecule has 1 aliphatic rings. The van der Waals surface area contributed by atoms with Crippen molar-refractivity contribution in [3.8, 4) is 0 Å². The van der Waals surface area contributed by atoms with E-state index in [1.807, 2.05) is 44.2 Å². The molecule has 0 fully saturated rings. The summed E-state index contributed by atoms with van der Waals surface area (Å²) in [6.07, 6.45) is 1.45. The predicted molar refractivity (Wildman–Crippen MR) is 103 cm³/mol. The van der Waals surface area contributed by atoms with Crippen LogP contribution in [0.4, 0.5) is 4.79 Å². The Balaban J connectivity index is 2.04. The molecule has 8 heteroatoms. The van der Waals surface area contributed by atoms with Crippen molar-refractivity contribution in [1.29, 1.82) is 0 Å². The van der Waals surface area contributed by atoms with Crippen LogP contribution in [0.2, 0.25) is 0 Å². The molecule has 1 aliphatic heterocycles. The lowest BCUT2D eigenvalue weighted by Crippen LogP contribution is -2.31. The van der Waals surface area contributed by atoms with E-state index in [1.54, 1.807) is 6.08 Å². The smallest absolute Gasteiger partial charge is 0.417 e. The zero-order valence-electron chi connectivity index (χ0n) is 15.6. The van der Waals surface area contributed by atoms with Crippen LogP contribution in [-0.2, 0) is 16.1 Å². The second-order valence-corrected chi connectivity index (χ2v) is 9.40. The molecule has 0 aliphatic carbocycles. The van der Waals surface area contributed by atoms with Crippen LogP contribution in [0.5, 0.6) is 0 Å². The summed E-state index contributed by atoms with van der Waals surface area (Å²) in [5, 5.41) is 9.38. The lowest BCUT2D eigenvalue weighted by atomic mass is 9.99. The average molecular weight is 396 g/mol. The second-order valence-electron chi connectivity index (χ2n) is 7.12. The predicted octanol–water partition coefficient (Wildman–Crippen LogP) is 3.45. The van der Waals surface area contributed by atoms with Crippen molar-refractivity contribution in [2.24, 2.45) is 11.8 Å². The molecule has 0 radical (unpaired) electrons. The van der Waals surface area contributed by atoms with Gasteiger partial charge in [-0.3, -0.25) is 4.79 Å². The van der Waals surface area contributed by atoms with Gasteiger partial charge in [-0.2, -0.15) is 0 Å². The molecule has 1 aromatic rings. The molecule has 1 amide bonds. The van der Waals surface area contributed by atoms with E-state index in [9.17, 15) is 24.5 Å². The number of hydrogen-bond acceptors (Lipinski definition) is 5. The van der Waals surface area contributed by atoms with Gasteiger partial charge in [0, 0.05) is 6.54 Å². The molecule has 0 saturated carbocycles. The minimum absolute atomic E-state index is 0.0802. The van der Waals surface area contributed by atoms with Crippen molar-refractivity contribution in [2.45, 2.75) is 33.3 Å². The highest BCUT2D eigenvalue weighted by Gasteiger charge is 2.50. The van der Waals surface area contributed by atoms with E-state index in [4.69, 9.17) is 4.74 Å². The minimum atomic E-state index is -3.76. The first-order chi connectivity index (χ1) is 12.7. The van der Waals surface area contributed by atoms with E-state index >= 15 is 0 Å². The molecule has 3 N–H and O–H groups in total. The van der Waals surface area contributed by atoms with Crippen molar-refractivity contribution in [3.63, 3.8) is 0 Å². The first kappa shape index (κ1) is 21.4. The highest BCUT2D eigenvalue weighted by Crippen LogP contribution is 2.62. The summed E-state index contributed by atoms with van der Waals surface area (Å²) in [5.74, 6) is -1.83. The van der Waals surface area contributed by atoms with Gasteiger partial charge in [0.15, 0.2) is 0 Å². The molecule has 0 saturated heterocycles. The number of amides is 1. The number of aliphatic carboxylic acids is 1. The van der Waals surface area contributed by atoms with Crippen LogP contribution in [0.25, 0.3) is 0 Å². The standard InChI is InChI=1S/C19H26NO6P/c1-14(2)11-16(18(21)22)13-27(24,25)17-9-6-10-20(17)19(23)26-12-15-7-4-3-5-8-15/h3-5,7-9,14,16,24-25H,6,10-13H2,1-2H3/p+1. The monoisotopic (exact) mass is 396 g/mol. The Labute approximate surface area is 159 Å². The molecular weight excluding hydrogens is 369 g/mol. The van der Waals surface area contributed by atoms with Crippen LogP contribution in [0.1, 0.15) is 32.3 Å². The van der Waals surface area contributed by atoms with E-state index in [2.05, 4.69) is 0 Å². The lowest BCUT2D eigenvalue weighted by molar-refractivity contribution is -0.141. The topological polar surface area (TPSA) is 107 Å². The number of carboxylic acid groups (broad SMARTS) is 1. The van der Waals surface area contributed by atoms with Gasteiger partial charge in [0.2, 0.25) is 5.44 Å². The van der Waals surface area contributed by atoms with Gasteiger partial charge in [-0.05, 0) is 30.4 Å². The van der Waals surface area contributed by atoms with Crippen molar-refractivity contribution >= 4 is 19.8 Å². The summed E-state index contributed by atoms with van der Waals surface area (Å²) in [6, 6.07) is 9.19. The van der Waals surface area contributed by atoms with E-state index in [0.717, 1.165) is 5.56 Å². The highest BCUT2D eigenvalue weighted by molar-refractivity contribution is 7.68. The molecule has 0 bridgehead atoms. The number of benzene rings is 1. The zero-order chi connectivity index (χ0) is 20.0. The fourth-order valence-electron chi connectivity index (χ4n) is 3.09. The summed E-state index contributed by atoms with van der Waals surface area (Å²) < 4.78 is 5.28.